The van der Waals surface area contributed by atoms with Crippen LogP contribution in [-0.2, 0) is 4.79 Å². The van der Waals surface area contributed by atoms with Crippen LogP contribution in [0, 0.1) is 0 Å². The van der Waals surface area contributed by atoms with Crippen molar-refractivity contribution < 1.29 is 14.6 Å². The Bertz CT molecular complexity index is 391. The van der Waals surface area contributed by atoms with E-state index in [1.807, 2.05) is 0 Å². The zero-order chi connectivity index (χ0) is 12.3. The molecule has 0 saturated carbocycles. The first-order chi connectivity index (χ1) is 8.15. The van der Waals surface area contributed by atoms with Crippen LogP contribution in [0.15, 0.2) is 24.3 Å². The van der Waals surface area contributed by atoms with E-state index < -0.39 is 6.10 Å². The number of benzene rings is 1. The topological polar surface area (TPSA) is 70.6 Å². The molecule has 1 fully saturated rings. The van der Waals surface area contributed by atoms with Gasteiger partial charge in [0.1, 0.15) is 18.0 Å². The Kier molecular flexibility index (Phi) is 3.61. The van der Waals surface area contributed by atoms with Crippen molar-refractivity contribution in [1.82, 2.24) is 5.32 Å². The van der Waals surface area contributed by atoms with Gasteiger partial charge in [-0.25, -0.2) is 0 Å². The Labute approximate surface area is 99.8 Å². The molecule has 92 valence electrons. The second-order valence-corrected chi connectivity index (χ2v) is 4.09. The van der Waals surface area contributed by atoms with Crippen LogP contribution in [0.2, 0.25) is 0 Å². The van der Waals surface area contributed by atoms with Gasteiger partial charge in [0, 0.05) is 25.7 Å². The van der Waals surface area contributed by atoms with Crippen molar-refractivity contribution in [2.75, 3.05) is 18.4 Å². The minimum Gasteiger partial charge on any atom is -0.486 e. The number of ether oxygens (including phenoxy) is 1. The lowest BCUT2D eigenvalue weighted by atomic mass is 10.2. The van der Waals surface area contributed by atoms with Gasteiger partial charge in [-0.3, -0.25) is 4.79 Å². The van der Waals surface area contributed by atoms with Crippen LogP contribution >= 0.6 is 0 Å². The molecule has 17 heavy (non-hydrogen) atoms. The van der Waals surface area contributed by atoms with Crippen molar-refractivity contribution in [1.29, 1.82) is 0 Å². The molecule has 0 aromatic heterocycles. The molecule has 1 aliphatic rings. The Balaban J connectivity index is 1.95. The molecule has 2 rings (SSSR count). The average molecular weight is 236 g/mol. The monoisotopic (exact) mass is 236 g/mol. The van der Waals surface area contributed by atoms with Crippen LogP contribution in [0.3, 0.4) is 0 Å². The molecule has 0 aliphatic carbocycles. The number of carbonyl (C=O) groups excluding carboxylic acids is 1. The molecule has 5 nitrogen and oxygen atoms in total. The Hall–Kier alpha value is -1.59. The van der Waals surface area contributed by atoms with Gasteiger partial charge in [0.2, 0.25) is 5.91 Å². The fraction of sp³-hybridized carbons (Fsp3) is 0.417. The number of anilines is 1. The number of amides is 1. The summed E-state index contributed by atoms with van der Waals surface area (Å²) >= 11 is 0. The first kappa shape index (κ1) is 11.9. The molecule has 3 N–H and O–H groups in total. The maximum Gasteiger partial charge on any atom is 0.221 e. The highest BCUT2D eigenvalue weighted by atomic mass is 16.5. The first-order valence-electron chi connectivity index (χ1n) is 5.58. The summed E-state index contributed by atoms with van der Waals surface area (Å²) in [4.78, 5) is 10.8. The lowest BCUT2D eigenvalue weighted by Crippen LogP contribution is -2.29. The fourth-order valence-corrected chi connectivity index (χ4v) is 1.76. The third-order valence-electron chi connectivity index (χ3n) is 2.59. The third kappa shape index (κ3) is 3.18. The SMILES string of the molecule is CC(=O)Nc1ccc(O[C@@H]2CNC[C@H]2O)cc1. The molecule has 1 aromatic rings. The molecule has 1 aliphatic heterocycles. The number of β-amino-alcohol motifs (C(OH)–C–C–N with tert-alkyl or cyclic N) is 1. The van der Waals surface area contributed by atoms with Crippen molar-refractivity contribution in [2.24, 2.45) is 0 Å². The number of rotatable bonds is 3. The van der Waals surface area contributed by atoms with Crippen molar-refractivity contribution in [3.05, 3.63) is 24.3 Å². The lowest BCUT2D eigenvalue weighted by molar-refractivity contribution is -0.114. The number of hydrogen-bond donors (Lipinski definition) is 3. The van der Waals surface area contributed by atoms with Gasteiger partial charge in [0.05, 0.1) is 0 Å². The van der Waals surface area contributed by atoms with Crippen LogP contribution < -0.4 is 15.4 Å². The molecule has 0 unspecified atom stereocenters. The van der Waals surface area contributed by atoms with Gasteiger partial charge < -0.3 is 20.5 Å². The van der Waals surface area contributed by atoms with Gasteiger partial charge in [-0.05, 0) is 24.3 Å². The summed E-state index contributed by atoms with van der Waals surface area (Å²) in [5.74, 6) is 0.584. The van der Waals surface area contributed by atoms with Crippen LogP contribution in [-0.4, -0.2) is 36.3 Å². The number of nitrogens with one attached hydrogen (secondary N) is 2. The van der Waals surface area contributed by atoms with Gasteiger partial charge >= 0.3 is 0 Å². The zero-order valence-corrected chi connectivity index (χ0v) is 9.64. The highest BCUT2D eigenvalue weighted by Crippen LogP contribution is 2.18. The summed E-state index contributed by atoms with van der Waals surface area (Å²) in [7, 11) is 0. The predicted molar refractivity (Wildman–Crippen MR) is 64.0 cm³/mol. The first-order valence-corrected chi connectivity index (χ1v) is 5.58. The highest BCUT2D eigenvalue weighted by Gasteiger charge is 2.26. The van der Waals surface area contributed by atoms with E-state index in [0.29, 0.717) is 18.8 Å². The molecular formula is C12H16N2O3. The summed E-state index contributed by atoms with van der Waals surface area (Å²) in [6, 6.07) is 7.09. The maximum absolute atomic E-state index is 10.8. The minimum atomic E-state index is -0.468. The summed E-state index contributed by atoms with van der Waals surface area (Å²) in [6.45, 7) is 2.67. The fourth-order valence-electron chi connectivity index (χ4n) is 1.76. The average Bonchev–Trinajstić information content (AvgIpc) is 2.67. The molecule has 1 aromatic carbocycles. The summed E-state index contributed by atoms with van der Waals surface area (Å²) < 4.78 is 5.62. The van der Waals surface area contributed by atoms with Gasteiger partial charge in [0.25, 0.3) is 0 Å². The molecule has 1 amide bonds. The van der Waals surface area contributed by atoms with E-state index in [2.05, 4.69) is 10.6 Å². The normalized spacial score (nSPS) is 23.4. The molecule has 0 radical (unpaired) electrons. The number of aliphatic hydroxyl groups is 1. The van der Waals surface area contributed by atoms with Gasteiger partial charge in [0.15, 0.2) is 0 Å². The van der Waals surface area contributed by atoms with Crippen LogP contribution in [0.4, 0.5) is 5.69 Å². The summed E-state index contributed by atoms with van der Waals surface area (Å²) in [5.41, 5.74) is 0.731. The summed E-state index contributed by atoms with van der Waals surface area (Å²) in [6.07, 6.45) is -0.674. The predicted octanol–water partition coefficient (Wildman–Crippen LogP) is 0.356. The van der Waals surface area contributed by atoms with Gasteiger partial charge in [-0.2, -0.15) is 0 Å². The maximum atomic E-state index is 10.8. The largest absolute Gasteiger partial charge is 0.486 e. The molecule has 5 heteroatoms. The van der Waals surface area contributed by atoms with E-state index in [4.69, 9.17) is 4.74 Å². The third-order valence-corrected chi connectivity index (χ3v) is 2.59. The van der Waals surface area contributed by atoms with Gasteiger partial charge in [-0.15, -0.1) is 0 Å². The Morgan fingerprint density at radius 3 is 2.65 bits per heavy atom. The quantitative estimate of drug-likeness (QED) is 0.708. The Morgan fingerprint density at radius 2 is 2.12 bits per heavy atom. The molecule has 0 spiro atoms. The number of hydrogen-bond acceptors (Lipinski definition) is 4. The van der Waals surface area contributed by atoms with Crippen molar-refractivity contribution in [3.63, 3.8) is 0 Å². The second kappa shape index (κ2) is 5.16. The van der Waals surface area contributed by atoms with Crippen molar-refractivity contribution in [2.45, 2.75) is 19.1 Å². The van der Waals surface area contributed by atoms with E-state index in [0.717, 1.165) is 5.69 Å². The number of aliphatic hydroxyl groups excluding tert-OH is 1. The van der Waals surface area contributed by atoms with E-state index in [1.165, 1.54) is 6.92 Å². The van der Waals surface area contributed by atoms with Crippen molar-refractivity contribution >= 4 is 11.6 Å². The van der Waals surface area contributed by atoms with Gasteiger partial charge in [-0.1, -0.05) is 0 Å². The lowest BCUT2D eigenvalue weighted by Gasteiger charge is -2.16. The smallest absolute Gasteiger partial charge is 0.221 e. The standard InChI is InChI=1S/C12H16N2O3/c1-8(15)14-9-2-4-10(5-3-9)17-12-7-13-6-11(12)16/h2-5,11-13,16H,6-7H2,1H3,(H,14,15)/t11-,12-/m1/s1. The van der Waals surface area contributed by atoms with Crippen LogP contribution in [0.1, 0.15) is 6.92 Å². The van der Waals surface area contributed by atoms with Crippen LogP contribution in [0.5, 0.6) is 5.75 Å². The second-order valence-electron chi connectivity index (χ2n) is 4.09. The molecule has 1 saturated heterocycles. The molecule has 1 heterocycles. The number of carbonyl (C=O) groups is 1. The van der Waals surface area contributed by atoms with Crippen LogP contribution in [0.25, 0.3) is 0 Å². The van der Waals surface area contributed by atoms with E-state index in [9.17, 15) is 9.90 Å². The van der Waals surface area contributed by atoms with E-state index >= 15 is 0 Å². The van der Waals surface area contributed by atoms with E-state index in [-0.39, 0.29) is 12.0 Å². The zero-order valence-electron chi connectivity index (χ0n) is 9.64. The summed E-state index contributed by atoms with van der Waals surface area (Å²) in [5, 5.41) is 15.3. The van der Waals surface area contributed by atoms with E-state index in [1.54, 1.807) is 24.3 Å². The van der Waals surface area contributed by atoms with Crippen molar-refractivity contribution in [3.8, 4) is 5.75 Å². The highest BCUT2D eigenvalue weighted by molar-refractivity contribution is 5.88. The minimum absolute atomic E-state index is 0.103. The molecule has 0 bridgehead atoms. The molecular weight excluding hydrogens is 220 g/mol. The molecule has 2 atom stereocenters. The Morgan fingerprint density at radius 1 is 1.41 bits per heavy atom.